The molecule has 0 bridgehead atoms. The van der Waals surface area contributed by atoms with E-state index in [0.29, 0.717) is 6.54 Å². The minimum atomic E-state index is -0.528. The Kier molecular flexibility index (Phi) is 7.19. The van der Waals surface area contributed by atoms with Gasteiger partial charge in [-0.2, -0.15) is 0 Å². The van der Waals surface area contributed by atoms with E-state index in [1.807, 2.05) is 12.1 Å². The fourth-order valence-corrected chi connectivity index (χ4v) is 3.58. The fraction of sp³-hybridized carbons (Fsp3) is 0.409. The molecule has 1 atom stereocenters. The van der Waals surface area contributed by atoms with Crippen LogP contribution in [0.5, 0.6) is 5.75 Å². The van der Waals surface area contributed by atoms with Crippen molar-refractivity contribution in [1.29, 1.82) is 0 Å². The Balaban J connectivity index is 1.44. The average Bonchev–Trinajstić information content (AvgIpc) is 2.72. The van der Waals surface area contributed by atoms with Gasteiger partial charge in [-0.3, -0.25) is 19.8 Å². The molecule has 29 heavy (non-hydrogen) atoms. The number of para-hydroxylation sites is 2. The Labute approximate surface area is 170 Å². The van der Waals surface area contributed by atoms with Crippen LogP contribution in [0.2, 0.25) is 0 Å². The van der Waals surface area contributed by atoms with E-state index >= 15 is 0 Å². The molecule has 7 heteroatoms. The lowest BCUT2D eigenvalue weighted by Gasteiger charge is -2.30. The van der Waals surface area contributed by atoms with Crippen molar-refractivity contribution in [3.8, 4) is 5.75 Å². The summed E-state index contributed by atoms with van der Waals surface area (Å²) in [6, 6.07) is 14.3. The minimum Gasteiger partial charge on any atom is -0.477 e. The number of nitrogens with zero attached hydrogens (tertiary/aromatic N) is 2. The molecule has 3 rings (SSSR count). The van der Waals surface area contributed by atoms with Gasteiger partial charge >= 0.3 is 5.69 Å². The number of ether oxygens (including phenoxy) is 1. The quantitative estimate of drug-likeness (QED) is 0.544. The molecule has 154 valence electrons. The molecule has 1 heterocycles. The first-order valence-electron chi connectivity index (χ1n) is 9.94. The highest BCUT2D eigenvalue weighted by Crippen LogP contribution is 2.25. The summed E-state index contributed by atoms with van der Waals surface area (Å²) in [6.45, 7) is 5.69. The van der Waals surface area contributed by atoms with Crippen molar-refractivity contribution in [2.75, 3.05) is 19.7 Å². The molecule has 0 spiro atoms. The summed E-state index contributed by atoms with van der Waals surface area (Å²) in [5, 5.41) is 13.7. The van der Waals surface area contributed by atoms with E-state index in [2.05, 4.69) is 29.3 Å². The first-order chi connectivity index (χ1) is 14.0. The average molecular weight is 397 g/mol. The maximum absolute atomic E-state index is 12.0. The van der Waals surface area contributed by atoms with Crippen molar-refractivity contribution in [1.82, 2.24) is 10.2 Å². The number of hydrogen-bond donors (Lipinski definition) is 1. The number of nitrogens with one attached hydrogen (secondary N) is 1. The highest BCUT2D eigenvalue weighted by Gasteiger charge is 2.16. The second kappa shape index (κ2) is 10.0. The summed E-state index contributed by atoms with van der Waals surface area (Å²) < 4.78 is 5.30. The molecule has 2 aromatic carbocycles. The maximum atomic E-state index is 12.0. The first kappa shape index (κ1) is 20.8. The zero-order valence-corrected chi connectivity index (χ0v) is 16.7. The fourth-order valence-electron chi connectivity index (χ4n) is 3.58. The zero-order valence-electron chi connectivity index (χ0n) is 16.7. The van der Waals surface area contributed by atoms with Crippen LogP contribution in [0.25, 0.3) is 0 Å². The number of nitro groups is 1. The van der Waals surface area contributed by atoms with E-state index in [-0.39, 0.29) is 24.0 Å². The van der Waals surface area contributed by atoms with Crippen LogP contribution in [0.4, 0.5) is 5.69 Å². The molecule has 1 fully saturated rings. The Morgan fingerprint density at radius 1 is 1.21 bits per heavy atom. The molecule has 1 aliphatic heterocycles. The summed E-state index contributed by atoms with van der Waals surface area (Å²) in [5.74, 6) is 0.524. The second-order valence-electron chi connectivity index (χ2n) is 7.59. The zero-order chi connectivity index (χ0) is 20.6. The van der Waals surface area contributed by atoms with Crippen molar-refractivity contribution in [2.45, 2.75) is 32.9 Å². The Hall–Kier alpha value is -2.93. The van der Waals surface area contributed by atoms with Gasteiger partial charge in [-0.15, -0.1) is 0 Å². The molecule has 7 nitrogen and oxygen atoms in total. The lowest BCUT2D eigenvalue weighted by Crippen LogP contribution is -2.33. The van der Waals surface area contributed by atoms with Crippen molar-refractivity contribution >= 4 is 11.6 Å². The number of nitro benzene ring substituents is 1. The monoisotopic (exact) mass is 397 g/mol. The summed E-state index contributed by atoms with van der Waals surface area (Å²) in [4.78, 5) is 24.9. The van der Waals surface area contributed by atoms with Gasteiger partial charge in [0.25, 0.3) is 5.91 Å². The number of amides is 1. The van der Waals surface area contributed by atoms with Crippen molar-refractivity contribution in [3.05, 3.63) is 69.8 Å². The number of carbonyl (C=O) groups is 1. The molecule has 0 aliphatic carbocycles. The van der Waals surface area contributed by atoms with Crippen LogP contribution in [-0.4, -0.2) is 35.4 Å². The molecule has 1 aliphatic rings. The molecular formula is C22H27N3O4. The molecule has 0 aromatic heterocycles. The molecule has 0 radical (unpaired) electrons. The lowest BCUT2D eigenvalue weighted by molar-refractivity contribution is -0.385. The normalized spacial score (nSPS) is 16.9. The lowest BCUT2D eigenvalue weighted by atomic mass is 9.99. The number of carbonyl (C=O) groups excluding carboxylic acids is 1. The third-order valence-electron chi connectivity index (χ3n) is 5.08. The van der Waals surface area contributed by atoms with Crippen molar-refractivity contribution in [2.24, 2.45) is 5.92 Å². The molecule has 1 saturated heterocycles. The predicted molar refractivity (Wildman–Crippen MR) is 111 cm³/mol. The van der Waals surface area contributed by atoms with Crippen LogP contribution in [0, 0.1) is 16.0 Å². The van der Waals surface area contributed by atoms with Crippen molar-refractivity contribution in [3.63, 3.8) is 0 Å². The number of piperidine rings is 1. The molecule has 1 amide bonds. The molecule has 0 saturated carbocycles. The second-order valence-corrected chi connectivity index (χ2v) is 7.59. The minimum absolute atomic E-state index is 0.0871. The van der Waals surface area contributed by atoms with Crippen LogP contribution < -0.4 is 10.1 Å². The highest BCUT2D eigenvalue weighted by molar-refractivity contribution is 5.77. The summed E-state index contributed by atoms with van der Waals surface area (Å²) in [5.41, 5.74) is 2.12. The molecule has 2 aromatic rings. The molecule has 1 N–H and O–H groups in total. The molecular weight excluding hydrogens is 370 g/mol. The third kappa shape index (κ3) is 6.29. The van der Waals surface area contributed by atoms with Crippen LogP contribution in [-0.2, 0) is 17.9 Å². The van der Waals surface area contributed by atoms with E-state index in [9.17, 15) is 14.9 Å². The standard InChI is InChI=1S/C22H27N3O4/c1-17-5-4-12-24(14-17)15-19-10-8-18(9-11-19)13-23-22(26)16-29-21-7-3-2-6-20(21)25(27)28/h2-3,6-11,17H,4-5,12-16H2,1H3,(H,23,26)/t17-/m1/s1. The Morgan fingerprint density at radius 2 is 1.93 bits per heavy atom. The smallest absolute Gasteiger partial charge is 0.310 e. The van der Waals surface area contributed by atoms with Crippen LogP contribution in [0.1, 0.15) is 30.9 Å². The van der Waals surface area contributed by atoms with Crippen molar-refractivity contribution < 1.29 is 14.5 Å². The molecule has 0 unspecified atom stereocenters. The van der Waals surface area contributed by atoms with Gasteiger partial charge in [0.2, 0.25) is 0 Å². The topological polar surface area (TPSA) is 84.7 Å². The summed E-state index contributed by atoms with van der Waals surface area (Å²) >= 11 is 0. The third-order valence-corrected chi connectivity index (χ3v) is 5.08. The highest BCUT2D eigenvalue weighted by atomic mass is 16.6. The number of hydrogen-bond acceptors (Lipinski definition) is 5. The largest absolute Gasteiger partial charge is 0.477 e. The van der Waals surface area contributed by atoms with E-state index in [1.165, 1.54) is 30.5 Å². The van der Waals surface area contributed by atoms with E-state index in [0.717, 1.165) is 31.1 Å². The van der Waals surface area contributed by atoms with E-state index < -0.39 is 4.92 Å². The van der Waals surface area contributed by atoms with Gasteiger partial charge in [0.05, 0.1) is 4.92 Å². The summed E-state index contributed by atoms with van der Waals surface area (Å²) in [7, 11) is 0. The summed E-state index contributed by atoms with van der Waals surface area (Å²) in [6.07, 6.45) is 2.58. The van der Waals surface area contributed by atoms with Crippen LogP contribution in [0.15, 0.2) is 48.5 Å². The Bertz CT molecular complexity index is 838. The Morgan fingerprint density at radius 3 is 2.66 bits per heavy atom. The van der Waals surface area contributed by atoms with Gasteiger partial charge in [0, 0.05) is 25.7 Å². The van der Waals surface area contributed by atoms with Gasteiger partial charge in [-0.25, -0.2) is 0 Å². The van der Waals surface area contributed by atoms with E-state index in [1.54, 1.807) is 12.1 Å². The number of rotatable bonds is 8. The van der Waals surface area contributed by atoms with Crippen LogP contribution >= 0.6 is 0 Å². The van der Waals surface area contributed by atoms with Gasteiger partial charge in [-0.1, -0.05) is 43.3 Å². The number of benzene rings is 2. The van der Waals surface area contributed by atoms with Gasteiger partial charge in [-0.05, 0) is 42.5 Å². The van der Waals surface area contributed by atoms with E-state index in [4.69, 9.17) is 4.74 Å². The predicted octanol–water partition coefficient (Wildman–Crippen LogP) is 3.52. The van der Waals surface area contributed by atoms with Crippen LogP contribution in [0.3, 0.4) is 0 Å². The van der Waals surface area contributed by atoms with Gasteiger partial charge in [0.1, 0.15) is 0 Å². The maximum Gasteiger partial charge on any atom is 0.310 e. The van der Waals surface area contributed by atoms with Gasteiger partial charge in [0.15, 0.2) is 12.4 Å². The van der Waals surface area contributed by atoms with Gasteiger partial charge < -0.3 is 10.1 Å². The first-order valence-corrected chi connectivity index (χ1v) is 9.94. The SMILES string of the molecule is C[C@@H]1CCCN(Cc2ccc(CNC(=O)COc3ccccc3[N+](=O)[O-])cc2)C1. The number of likely N-dealkylation sites (tertiary alicyclic amines) is 1.